The van der Waals surface area contributed by atoms with Gasteiger partial charge in [-0.15, -0.1) is 0 Å². The van der Waals surface area contributed by atoms with E-state index >= 15 is 0 Å². The van der Waals surface area contributed by atoms with Crippen molar-refractivity contribution in [3.8, 4) is 0 Å². The van der Waals surface area contributed by atoms with E-state index in [0.717, 1.165) is 32.3 Å². The van der Waals surface area contributed by atoms with Gasteiger partial charge < -0.3 is 9.47 Å². The van der Waals surface area contributed by atoms with Gasteiger partial charge in [-0.1, -0.05) is 56.3 Å². The van der Waals surface area contributed by atoms with Crippen molar-refractivity contribution in [2.45, 2.75) is 71.2 Å². The molecule has 1 N–H and O–H groups in total. The van der Waals surface area contributed by atoms with E-state index in [2.05, 4.69) is 24.3 Å². The summed E-state index contributed by atoms with van der Waals surface area (Å²) in [7, 11) is 1.39. The highest BCUT2D eigenvalue weighted by Crippen LogP contribution is 2.46. The van der Waals surface area contributed by atoms with Gasteiger partial charge in [-0.25, -0.2) is 5.06 Å². The van der Waals surface area contributed by atoms with Crippen LogP contribution in [0.2, 0.25) is 0 Å². The Balaban J connectivity index is 1.41. The summed E-state index contributed by atoms with van der Waals surface area (Å²) in [6.07, 6.45) is 11.2. The predicted octanol–water partition coefficient (Wildman–Crippen LogP) is 4.99. The van der Waals surface area contributed by atoms with Crippen LogP contribution in [0.25, 0.3) is 0 Å². The van der Waals surface area contributed by atoms with E-state index < -0.39 is 5.41 Å². The number of amides is 1. The summed E-state index contributed by atoms with van der Waals surface area (Å²) in [5, 5.41) is 10.1. The average molecular weight is 416 g/mol. The molecule has 2 aliphatic heterocycles. The molecule has 1 aromatic rings. The van der Waals surface area contributed by atoms with Crippen LogP contribution in [-0.4, -0.2) is 42.0 Å². The molecule has 0 aromatic heterocycles. The van der Waals surface area contributed by atoms with Crippen LogP contribution in [0.1, 0.15) is 57.9 Å². The summed E-state index contributed by atoms with van der Waals surface area (Å²) in [5.41, 5.74) is 0.664. The number of carbonyl (C=O) groups excluding carboxylic acids is 1. The Hall–Kier alpha value is -1.69. The third-order valence-electron chi connectivity index (χ3n) is 6.68. The molecule has 0 spiro atoms. The monoisotopic (exact) mass is 415 g/mol. The minimum absolute atomic E-state index is 0.243. The van der Waals surface area contributed by atoms with Crippen LogP contribution in [-0.2, 0) is 20.9 Å². The maximum atomic E-state index is 12.0. The molecule has 2 aliphatic rings. The Morgan fingerprint density at radius 3 is 2.60 bits per heavy atom. The number of carbonyl (C=O) groups is 1. The quantitative estimate of drug-likeness (QED) is 0.239. The van der Waals surface area contributed by atoms with E-state index in [4.69, 9.17) is 9.47 Å². The van der Waals surface area contributed by atoms with E-state index in [9.17, 15) is 10.0 Å². The van der Waals surface area contributed by atoms with Crippen LogP contribution >= 0.6 is 0 Å². The first-order valence-corrected chi connectivity index (χ1v) is 11.3. The molecule has 1 aromatic carbocycles. The van der Waals surface area contributed by atoms with Gasteiger partial charge in [0.05, 0.1) is 18.8 Å². The highest BCUT2D eigenvalue weighted by molar-refractivity contribution is 5.80. The highest BCUT2D eigenvalue weighted by atomic mass is 16.5. The topological polar surface area (TPSA) is 59.0 Å². The first kappa shape index (κ1) is 23.0. The van der Waals surface area contributed by atoms with Crippen molar-refractivity contribution in [3.63, 3.8) is 0 Å². The second-order valence-electron chi connectivity index (χ2n) is 9.40. The van der Waals surface area contributed by atoms with Crippen LogP contribution in [0, 0.1) is 17.3 Å². The van der Waals surface area contributed by atoms with E-state index in [1.165, 1.54) is 25.5 Å². The van der Waals surface area contributed by atoms with Crippen molar-refractivity contribution in [1.82, 2.24) is 5.06 Å². The maximum Gasteiger partial charge on any atom is 0.251 e. The van der Waals surface area contributed by atoms with Gasteiger partial charge in [0, 0.05) is 19.1 Å². The molecule has 2 fully saturated rings. The number of allylic oxidation sites excluding steroid dienone is 2. The van der Waals surface area contributed by atoms with Crippen molar-refractivity contribution in [1.29, 1.82) is 0 Å². The van der Waals surface area contributed by atoms with Gasteiger partial charge in [0.2, 0.25) is 0 Å². The summed E-state index contributed by atoms with van der Waals surface area (Å²) in [6, 6.07) is 10.3. The largest absolute Gasteiger partial charge is 0.377 e. The van der Waals surface area contributed by atoms with E-state index in [1.807, 2.05) is 32.0 Å². The lowest BCUT2D eigenvalue weighted by atomic mass is 9.76. The zero-order valence-corrected chi connectivity index (χ0v) is 18.6. The molecular formula is C25H37NO4. The second-order valence-corrected chi connectivity index (χ2v) is 9.40. The van der Waals surface area contributed by atoms with Crippen molar-refractivity contribution in [2.75, 3.05) is 13.7 Å². The fraction of sp³-hybridized carbons (Fsp3) is 0.640. The van der Waals surface area contributed by atoms with Crippen molar-refractivity contribution >= 4 is 5.91 Å². The fourth-order valence-corrected chi connectivity index (χ4v) is 4.94. The van der Waals surface area contributed by atoms with E-state index in [-0.39, 0.29) is 5.91 Å². The number of ether oxygens (including phenoxy) is 2. The molecule has 1 amide bonds. The molecule has 5 heteroatoms. The predicted molar refractivity (Wildman–Crippen MR) is 117 cm³/mol. The van der Waals surface area contributed by atoms with Gasteiger partial charge in [0.1, 0.15) is 0 Å². The van der Waals surface area contributed by atoms with Crippen LogP contribution in [0.15, 0.2) is 42.5 Å². The summed E-state index contributed by atoms with van der Waals surface area (Å²) in [5.74, 6) is 0.900. The Bertz CT molecular complexity index is 700. The molecule has 3 rings (SSSR count). The third-order valence-corrected chi connectivity index (χ3v) is 6.68. The molecule has 2 saturated heterocycles. The maximum absolute atomic E-state index is 12.0. The fourth-order valence-electron chi connectivity index (χ4n) is 4.94. The van der Waals surface area contributed by atoms with Crippen LogP contribution in [0.3, 0.4) is 0 Å². The average Bonchev–Trinajstić information content (AvgIpc) is 3.33. The molecule has 0 aliphatic carbocycles. The Kier molecular flexibility index (Phi) is 8.09. The van der Waals surface area contributed by atoms with Crippen molar-refractivity contribution < 1.29 is 19.5 Å². The first-order valence-electron chi connectivity index (χ1n) is 11.3. The van der Waals surface area contributed by atoms with Gasteiger partial charge >= 0.3 is 0 Å². The molecule has 0 unspecified atom stereocenters. The molecule has 5 nitrogen and oxygen atoms in total. The first-order chi connectivity index (χ1) is 14.4. The zero-order valence-electron chi connectivity index (χ0n) is 18.6. The Morgan fingerprint density at radius 2 is 1.90 bits per heavy atom. The molecular weight excluding hydrogens is 378 g/mol. The van der Waals surface area contributed by atoms with Gasteiger partial charge in [0.25, 0.3) is 5.91 Å². The Labute approximate surface area is 181 Å². The molecule has 166 valence electrons. The number of benzene rings is 1. The summed E-state index contributed by atoms with van der Waals surface area (Å²) in [4.78, 5) is 12.0. The lowest BCUT2D eigenvalue weighted by molar-refractivity contribution is -0.169. The SMILES string of the molecule is CN(O)C(=O)C(C)(C)CC/C=C\C[C@H]1[C@@H](CCOCc2ccccc2)[C@H]2CC[C@@H]1O2. The molecule has 4 atom stereocenters. The van der Waals surface area contributed by atoms with Crippen molar-refractivity contribution in [2.24, 2.45) is 17.3 Å². The molecule has 30 heavy (non-hydrogen) atoms. The van der Waals surface area contributed by atoms with Gasteiger partial charge in [0.15, 0.2) is 0 Å². The van der Waals surface area contributed by atoms with Crippen molar-refractivity contribution in [3.05, 3.63) is 48.0 Å². The molecule has 2 bridgehead atoms. The second kappa shape index (κ2) is 10.6. The van der Waals surface area contributed by atoms with E-state index in [1.54, 1.807) is 0 Å². The summed E-state index contributed by atoms with van der Waals surface area (Å²) < 4.78 is 12.1. The zero-order chi connectivity index (χ0) is 21.6. The number of rotatable bonds is 11. The van der Waals surface area contributed by atoms with Crippen LogP contribution in [0.4, 0.5) is 0 Å². The number of hydrogen-bond donors (Lipinski definition) is 1. The van der Waals surface area contributed by atoms with E-state index in [0.29, 0.717) is 35.7 Å². The van der Waals surface area contributed by atoms with Gasteiger partial charge in [-0.3, -0.25) is 10.0 Å². The molecule has 0 saturated carbocycles. The minimum Gasteiger partial charge on any atom is -0.377 e. The normalized spacial score (nSPS) is 25.9. The number of fused-ring (bicyclic) bond motifs is 2. The molecule has 2 heterocycles. The number of hydrogen-bond acceptors (Lipinski definition) is 4. The summed E-state index contributed by atoms with van der Waals surface area (Å²) in [6.45, 7) is 5.21. The summed E-state index contributed by atoms with van der Waals surface area (Å²) >= 11 is 0. The highest BCUT2D eigenvalue weighted by Gasteiger charge is 2.47. The lowest BCUT2D eigenvalue weighted by Gasteiger charge is -2.27. The standard InChI is InChI=1S/C25H37NO4/c1-25(2,24(27)26(3)28)16-9-5-8-12-20-21(23-14-13-22(20)30-23)15-17-29-18-19-10-6-4-7-11-19/h4-8,10-11,20-23,28H,9,12-18H2,1-3H3/b8-5-/t20-,21+,22-,23+/m0/s1. The number of nitrogens with zero attached hydrogens (tertiary/aromatic N) is 1. The smallest absolute Gasteiger partial charge is 0.251 e. The third kappa shape index (κ3) is 5.93. The van der Waals surface area contributed by atoms with Crippen LogP contribution in [0.5, 0.6) is 0 Å². The van der Waals surface area contributed by atoms with Gasteiger partial charge in [-0.2, -0.15) is 0 Å². The number of hydroxylamine groups is 2. The molecule has 0 radical (unpaired) electrons. The van der Waals surface area contributed by atoms with Crippen LogP contribution < -0.4 is 0 Å². The minimum atomic E-state index is -0.554. The Morgan fingerprint density at radius 1 is 1.20 bits per heavy atom. The lowest BCUT2D eigenvalue weighted by Crippen LogP contribution is -2.36. The van der Waals surface area contributed by atoms with Gasteiger partial charge in [-0.05, 0) is 55.9 Å².